The highest BCUT2D eigenvalue weighted by Gasteiger charge is 2.65. The molecule has 168 valence electrons. The fraction of sp³-hybridized carbons (Fsp3) is 0.741. The first kappa shape index (κ1) is 20.2. The van der Waals surface area contributed by atoms with E-state index in [0.29, 0.717) is 17.3 Å². The van der Waals surface area contributed by atoms with Crippen LogP contribution in [0.25, 0.3) is 0 Å². The number of hydrogen-bond acceptors (Lipinski definition) is 4. The first-order valence-corrected chi connectivity index (χ1v) is 12.7. The predicted molar refractivity (Wildman–Crippen MR) is 120 cm³/mol. The molecule has 2 aliphatic carbocycles. The van der Waals surface area contributed by atoms with Gasteiger partial charge >= 0.3 is 5.97 Å². The summed E-state index contributed by atoms with van der Waals surface area (Å²) in [7, 11) is 0. The minimum Gasteiger partial charge on any atom is -0.462 e. The SMILES string of the molecule is C[C@]12CCC[C@]3(CO3)[C@H]1C[C@H]1[C@@H](C2)OC(=O)[C@@H]1CN1CCC(Cc2ccccc2)CC1. The fourth-order valence-corrected chi connectivity index (χ4v) is 7.76. The molecule has 1 aromatic rings. The van der Waals surface area contributed by atoms with E-state index in [2.05, 4.69) is 42.2 Å². The number of fused-ring (bicyclic) bond motifs is 3. The van der Waals surface area contributed by atoms with Crippen LogP contribution >= 0.6 is 0 Å². The first-order valence-electron chi connectivity index (χ1n) is 12.7. The summed E-state index contributed by atoms with van der Waals surface area (Å²) >= 11 is 0. The number of nitrogens with zero attached hydrogens (tertiary/aromatic N) is 1. The van der Waals surface area contributed by atoms with Crippen molar-refractivity contribution in [3.63, 3.8) is 0 Å². The van der Waals surface area contributed by atoms with Gasteiger partial charge in [0.25, 0.3) is 0 Å². The van der Waals surface area contributed by atoms with Crippen LogP contribution in [0.15, 0.2) is 30.3 Å². The Morgan fingerprint density at radius 2 is 1.90 bits per heavy atom. The maximum Gasteiger partial charge on any atom is 0.310 e. The molecule has 2 saturated carbocycles. The van der Waals surface area contributed by atoms with Crippen LogP contribution in [0.1, 0.15) is 57.4 Å². The Kier molecular flexibility index (Phi) is 4.95. The van der Waals surface area contributed by atoms with Crippen molar-refractivity contribution in [3.05, 3.63) is 35.9 Å². The van der Waals surface area contributed by atoms with Crippen molar-refractivity contribution in [2.75, 3.05) is 26.2 Å². The second-order valence-electron chi connectivity index (χ2n) is 11.5. The van der Waals surface area contributed by atoms with Crippen molar-refractivity contribution in [2.24, 2.45) is 29.1 Å². The molecule has 0 unspecified atom stereocenters. The van der Waals surface area contributed by atoms with Gasteiger partial charge in [0, 0.05) is 12.5 Å². The zero-order valence-corrected chi connectivity index (χ0v) is 18.9. The molecular formula is C27H37NO3. The van der Waals surface area contributed by atoms with Crippen molar-refractivity contribution in [2.45, 2.75) is 70.0 Å². The highest BCUT2D eigenvalue weighted by Crippen LogP contribution is 2.62. The van der Waals surface area contributed by atoms with Gasteiger partial charge in [-0.1, -0.05) is 37.3 Å². The molecule has 31 heavy (non-hydrogen) atoms. The van der Waals surface area contributed by atoms with E-state index in [4.69, 9.17) is 9.47 Å². The lowest BCUT2D eigenvalue weighted by Gasteiger charge is -2.51. The molecule has 6 atom stereocenters. The first-order chi connectivity index (χ1) is 15.0. The van der Waals surface area contributed by atoms with Crippen molar-refractivity contribution >= 4 is 5.97 Å². The predicted octanol–water partition coefficient (Wildman–Crippen LogP) is 4.47. The average molecular weight is 424 g/mol. The van der Waals surface area contributed by atoms with E-state index in [1.807, 2.05) is 0 Å². The maximum absolute atomic E-state index is 12.9. The largest absolute Gasteiger partial charge is 0.462 e. The van der Waals surface area contributed by atoms with E-state index in [0.717, 1.165) is 45.0 Å². The molecule has 1 spiro atoms. The zero-order valence-electron chi connectivity index (χ0n) is 18.9. The molecule has 0 N–H and O–H groups in total. The number of hydrogen-bond donors (Lipinski definition) is 0. The average Bonchev–Trinajstić information content (AvgIpc) is 3.47. The van der Waals surface area contributed by atoms with E-state index in [9.17, 15) is 4.79 Å². The lowest BCUT2D eigenvalue weighted by molar-refractivity contribution is -0.147. The van der Waals surface area contributed by atoms with Crippen molar-refractivity contribution in [3.8, 4) is 0 Å². The third-order valence-corrected chi connectivity index (χ3v) is 9.61. The highest BCUT2D eigenvalue weighted by atomic mass is 16.6. The Morgan fingerprint density at radius 1 is 1.13 bits per heavy atom. The number of benzene rings is 1. The van der Waals surface area contributed by atoms with Gasteiger partial charge in [0.2, 0.25) is 0 Å². The summed E-state index contributed by atoms with van der Waals surface area (Å²) in [6.07, 6.45) is 9.74. The van der Waals surface area contributed by atoms with Crippen LogP contribution in [0.3, 0.4) is 0 Å². The summed E-state index contributed by atoms with van der Waals surface area (Å²) in [6.45, 7) is 6.52. The second kappa shape index (κ2) is 7.59. The topological polar surface area (TPSA) is 42.1 Å². The third kappa shape index (κ3) is 3.64. The molecule has 1 aromatic carbocycles. The van der Waals surface area contributed by atoms with E-state index in [1.54, 1.807) is 0 Å². The molecule has 0 radical (unpaired) electrons. The number of carbonyl (C=O) groups excluding carboxylic acids is 1. The molecule has 4 nitrogen and oxygen atoms in total. The minimum absolute atomic E-state index is 0.0675. The molecule has 0 bridgehead atoms. The van der Waals surface area contributed by atoms with Crippen molar-refractivity contribution in [1.82, 2.24) is 4.90 Å². The quantitative estimate of drug-likeness (QED) is 0.529. The normalized spacial score (nSPS) is 42.8. The summed E-state index contributed by atoms with van der Waals surface area (Å²) in [4.78, 5) is 15.5. The lowest BCUT2D eigenvalue weighted by Crippen LogP contribution is -2.51. The number of ether oxygens (including phenoxy) is 2. The van der Waals surface area contributed by atoms with Crippen LogP contribution in [-0.4, -0.2) is 48.8 Å². The van der Waals surface area contributed by atoms with E-state index < -0.39 is 0 Å². The lowest BCUT2D eigenvalue weighted by atomic mass is 9.53. The summed E-state index contributed by atoms with van der Waals surface area (Å²) in [6, 6.07) is 10.9. The molecule has 4 heteroatoms. The second-order valence-corrected chi connectivity index (χ2v) is 11.5. The van der Waals surface area contributed by atoms with E-state index in [1.165, 1.54) is 44.1 Å². The Morgan fingerprint density at radius 3 is 2.65 bits per heavy atom. The van der Waals surface area contributed by atoms with Gasteiger partial charge in [-0.15, -0.1) is 0 Å². The summed E-state index contributed by atoms with van der Waals surface area (Å²) in [5.74, 6) is 1.93. The molecular weight excluding hydrogens is 386 g/mol. The van der Waals surface area contributed by atoms with Gasteiger partial charge in [0.05, 0.1) is 18.1 Å². The monoisotopic (exact) mass is 423 g/mol. The van der Waals surface area contributed by atoms with Gasteiger partial charge in [-0.2, -0.15) is 0 Å². The molecule has 0 aromatic heterocycles. The summed E-state index contributed by atoms with van der Waals surface area (Å²) in [5, 5.41) is 0. The number of rotatable bonds is 4. The third-order valence-electron chi connectivity index (χ3n) is 9.61. The Balaban J connectivity index is 1.08. The van der Waals surface area contributed by atoms with Gasteiger partial charge in [-0.3, -0.25) is 4.79 Å². The van der Waals surface area contributed by atoms with Gasteiger partial charge in [-0.25, -0.2) is 0 Å². The smallest absolute Gasteiger partial charge is 0.310 e. The Bertz CT molecular complexity index is 813. The molecule has 0 amide bonds. The molecule has 3 aliphatic heterocycles. The molecule has 5 fully saturated rings. The molecule has 3 saturated heterocycles. The van der Waals surface area contributed by atoms with Crippen molar-refractivity contribution in [1.29, 1.82) is 0 Å². The van der Waals surface area contributed by atoms with Gasteiger partial charge in [0.15, 0.2) is 0 Å². The standard InChI is InChI=1S/C27H37NO3/c1-26-10-5-11-27(18-30-27)24(26)15-21-22(25(29)31-23(21)16-26)17-28-12-8-20(9-13-28)14-19-6-3-2-4-7-19/h2-4,6-7,20-24H,5,8-18H2,1H3/t21-,22-,23-,24+,26-,27+/m1/s1. The van der Waals surface area contributed by atoms with Gasteiger partial charge < -0.3 is 14.4 Å². The number of epoxide rings is 1. The Hall–Kier alpha value is -1.39. The van der Waals surface area contributed by atoms with E-state index in [-0.39, 0.29) is 23.6 Å². The molecule has 3 heterocycles. The summed E-state index contributed by atoms with van der Waals surface area (Å²) in [5.41, 5.74) is 1.89. The van der Waals surface area contributed by atoms with Gasteiger partial charge in [-0.05, 0) is 87.3 Å². The molecule has 5 aliphatic rings. The summed E-state index contributed by atoms with van der Waals surface area (Å²) < 4.78 is 12.1. The number of piperidine rings is 1. The number of carbonyl (C=O) groups is 1. The van der Waals surface area contributed by atoms with Gasteiger partial charge in [0.1, 0.15) is 6.10 Å². The number of likely N-dealkylation sites (tertiary alicyclic amines) is 1. The van der Waals surface area contributed by atoms with E-state index >= 15 is 0 Å². The van der Waals surface area contributed by atoms with Crippen molar-refractivity contribution < 1.29 is 14.3 Å². The van der Waals surface area contributed by atoms with Crippen LogP contribution in [0, 0.1) is 29.1 Å². The van der Waals surface area contributed by atoms with Crippen LogP contribution in [0.2, 0.25) is 0 Å². The maximum atomic E-state index is 12.9. The number of esters is 1. The van der Waals surface area contributed by atoms with Crippen LogP contribution in [0.4, 0.5) is 0 Å². The molecule has 6 rings (SSSR count). The minimum atomic E-state index is 0.0675. The highest BCUT2D eigenvalue weighted by molar-refractivity contribution is 5.75. The van der Waals surface area contributed by atoms with Crippen LogP contribution in [-0.2, 0) is 20.7 Å². The van der Waals surface area contributed by atoms with Crippen LogP contribution < -0.4 is 0 Å². The zero-order chi connectivity index (χ0) is 21.1. The van der Waals surface area contributed by atoms with Crippen LogP contribution in [0.5, 0.6) is 0 Å². The Labute approximate surface area is 186 Å². The fourth-order valence-electron chi connectivity index (χ4n) is 7.76.